The Morgan fingerprint density at radius 2 is 1.42 bits per heavy atom. The maximum Gasteiger partial charge on any atom is 0.244 e. The zero-order valence-corrected chi connectivity index (χ0v) is 23.0. The number of rotatable bonds is 9. The fourth-order valence-electron chi connectivity index (χ4n) is 4.31. The van der Waals surface area contributed by atoms with Crippen LogP contribution in [0, 0.1) is 20.8 Å². The number of halogens is 1. The number of para-hydroxylation sites is 1. The molecule has 0 radical (unpaired) electrons. The molecule has 4 aromatic carbocycles. The Kier molecular flexibility index (Phi) is 8.52. The molecule has 0 aliphatic heterocycles. The number of benzene rings is 4. The molecule has 196 valence electrons. The van der Waals surface area contributed by atoms with Crippen LogP contribution in [0.4, 0.5) is 5.69 Å². The molecule has 0 atom stereocenters. The van der Waals surface area contributed by atoms with E-state index in [1.54, 1.807) is 62.4 Å². The Labute approximate surface area is 228 Å². The lowest BCUT2D eigenvalue weighted by Gasteiger charge is -2.24. The highest BCUT2D eigenvalue weighted by molar-refractivity contribution is 7.89. The highest BCUT2D eigenvalue weighted by Gasteiger charge is 2.30. The third kappa shape index (κ3) is 6.81. The van der Waals surface area contributed by atoms with Crippen molar-refractivity contribution in [3.05, 3.63) is 118 Å². The molecule has 0 saturated heterocycles. The number of anilines is 1. The number of hydrogen-bond acceptors (Lipinski definition) is 4. The van der Waals surface area contributed by atoms with Crippen LogP contribution in [0.3, 0.4) is 0 Å². The summed E-state index contributed by atoms with van der Waals surface area (Å²) in [6, 6.07) is 26.8. The van der Waals surface area contributed by atoms with E-state index in [-0.39, 0.29) is 18.0 Å². The highest BCUT2D eigenvalue weighted by Crippen LogP contribution is 2.27. The molecule has 0 fully saturated rings. The topological polar surface area (TPSA) is 75.7 Å². The lowest BCUT2D eigenvalue weighted by molar-refractivity contribution is -0.116. The Bertz CT molecular complexity index is 1500. The first-order chi connectivity index (χ1) is 18.1. The summed E-state index contributed by atoms with van der Waals surface area (Å²) in [6.45, 7) is 5.12. The molecule has 0 aromatic heterocycles. The Hall–Kier alpha value is -3.65. The summed E-state index contributed by atoms with van der Waals surface area (Å²) < 4.78 is 34.7. The van der Waals surface area contributed by atoms with Crippen LogP contribution in [0.5, 0.6) is 11.5 Å². The standard InChI is InChI=1S/C30H29ClN2O4S/c1-21-17-22(2)30(23(3)18-21)38(35,36)33(19-24-9-11-25(31)12-10-24)20-29(34)32-26-13-15-28(16-14-26)37-27-7-5-4-6-8-27/h4-18H,19-20H2,1-3H3,(H,32,34). The number of hydrogen-bond donors (Lipinski definition) is 1. The van der Waals surface area contributed by atoms with E-state index in [9.17, 15) is 13.2 Å². The van der Waals surface area contributed by atoms with Gasteiger partial charge >= 0.3 is 0 Å². The normalized spacial score (nSPS) is 11.4. The second-order valence-electron chi connectivity index (χ2n) is 9.12. The molecule has 0 heterocycles. The molecular formula is C30H29ClN2O4S. The molecule has 8 heteroatoms. The minimum absolute atomic E-state index is 0.0174. The SMILES string of the molecule is Cc1cc(C)c(S(=O)(=O)N(CC(=O)Nc2ccc(Oc3ccccc3)cc2)Cc2ccc(Cl)cc2)c(C)c1. The first kappa shape index (κ1) is 27.4. The maximum atomic E-state index is 13.9. The molecule has 6 nitrogen and oxygen atoms in total. The summed E-state index contributed by atoms with van der Waals surface area (Å²) in [5.41, 5.74) is 3.49. The van der Waals surface area contributed by atoms with Crippen LogP contribution in [0.15, 0.2) is 95.9 Å². The monoisotopic (exact) mass is 548 g/mol. The summed E-state index contributed by atoms with van der Waals surface area (Å²) in [4.78, 5) is 13.3. The van der Waals surface area contributed by atoms with E-state index in [2.05, 4.69) is 5.32 Å². The molecule has 0 bridgehead atoms. The van der Waals surface area contributed by atoms with E-state index in [1.807, 2.05) is 49.4 Å². The minimum Gasteiger partial charge on any atom is -0.457 e. The molecule has 0 aliphatic carbocycles. The summed E-state index contributed by atoms with van der Waals surface area (Å²) in [5, 5.41) is 3.35. The van der Waals surface area contributed by atoms with E-state index < -0.39 is 15.9 Å². The van der Waals surface area contributed by atoms with Crippen molar-refractivity contribution in [3.63, 3.8) is 0 Å². The van der Waals surface area contributed by atoms with Crippen LogP contribution in [0.2, 0.25) is 5.02 Å². The van der Waals surface area contributed by atoms with Gasteiger partial charge in [-0.25, -0.2) is 8.42 Å². The zero-order chi connectivity index (χ0) is 27.3. The molecular weight excluding hydrogens is 520 g/mol. The lowest BCUT2D eigenvalue weighted by Crippen LogP contribution is -2.38. The van der Waals surface area contributed by atoms with Crippen molar-refractivity contribution in [2.75, 3.05) is 11.9 Å². The Balaban J connectivity index is 1.55. The Morgan fingerprint density at radius 3 is 2.03 bits per heavy atom. The van der Waals surface area contributed by atoms with Gasteiger partial charge in [-0.05, 0) is 86.0 Å². The third-order valence-electron chi connectivity index (χ3n) is 5.91. The van der Waals surface area contributed by atoms with Gasteiger partial charge in [-0.1, -0.05) is 59.6 Å². The van der Waals surface area contributed by atoms with E-state index in [1.165, 1.54) is 4.31 Å². The van der Waals surface area contributed by atoms with Gasteiger partial charge in [0.05, 0.1) is 11.4 Å². The van der Waals surface area contributed by atoms with Crippen LogP contribution in [0.1, 0.15) is 22.3 Å². The van der Waals surface area contributed by atoms with Gasteiger partial charge < -0.3 is 10.1 Å². The number of sulfonamides is 1. The first-order valence-electron chi connectivity index (χ1n) is 12.1. The van der Waals surface area contributed by atoms with Crippen molar-refractivity contribution in [1.82, 2.24) is 4.31 Å². The number of carbonyl (C=O) groups is 1. The number of nitrogens with one attached hydrogen (secondary N) is 1. The van der Waals surface area contributed by atoms with Crippen molar-refractivity contribution in [2.24, 2.45) is 0 Å². The van der Waals surface area contributed by atoms with Crippen molar-refractivity contribution >= 4 is 33.2 Å². The number of amides is 1. The number of aryl methyl sites for hydroxylation is 3. The van der Waals surface area contributed by atoms with E-state index in [0.717, 1.165) is 11.1 Å². The summed E-state index contributed by atoms with van der Waals surface area (Å²) in [5.74, 6) is 0.863. The number of carbonyl (C=O) groups excluding carboxylic acids is 1. The van der Waals surface area contributed by atoms with Gasteiger partial charge in [-0.15, -0.1) is 0 Å². The van der Waals surface area contributed by atoms with Crippen LogP contribution < -0.4 is 10.1 Å². The predicted octanol–water partition coefficient (Wildman–Crippen LogP) is 6.89. The number of ether oxygens (including phenoxy) is 1. The van der Waals surface area contributed by atoms with Crippen LogP contribution in [-0.4, -0.2) is 25.2 Å². The first-order valence-corrected chi connectivity index (χ1v) is 13.9. The van der Waals surface area contributed by atoms with Gasteiger partial charge in [0.15, 0.2) is 0 Å². The summed E-state index contributed by atoms with van der Waals surface area (Å²) in [6.07, 6.45) is 0. The Morgan fingerprint density at radius 1 is 0.842 bits per heavy atom. The van der Waals surface area contributed by atoms with E-state index >= 15 is 0 Å². The molecule has 4 rings (SSSR count). The molecule has 0 aliphatic rings. The molecule has 1 N–H and O–H groups in total. The van der Waals surface area contributed by atoms with Crippen LogP contribution in [-0.2, 0) is 21.4 Å². The van der Waals surface area contributed by atoms with E-state index in [4.69, 9.17) is 16.3 Å². The molecule has 0 spiro atoms. The molecule has 4 aromatic rings. The zero-order valence-electron chi connectivity index (χ0n) is 21.4. The smallest absolute Gasteiger partial charge is 0.244 e. The van der Waals surface area contributed by atoms with Crippen LogP contribution >= 0.6 is 11.6 Å². The lowest BCUT2D eigenvalue weighted by atomic mass is 10.1. The number of nitrogens with zero attached hydrogens (tertiary/aromatic N) is 1. The quantitative estimate of drug-likeness (QED) is 0.247. The average Bonchev–Trinajstić information content (AvgIpc) is 2.86. The van der Waals surface area contributed by atoms with Crippen molar-refractivity contribution in [2.45, 2.75) is 32.2 Å². The average molecular weight is 549 g/mol. The fourth-order valence-corrected chi connectivity index (χ4v) is 6.24. The van der Waals surface area contributed by atoms with Gasteiger partial charge in [0.1, 0.15) is 11.5 Å². The van der Waals surface area contributed by atoms with Gasteiger partial charge in [0, 0.05) is 17.3 Å². The summed E-state index contributed by atoms with van der Waals surface area (Å²) in [7, 11) is -4.00. The van der Waals surface area contributed by atoms with Gasteiger partial charge in [-0.3, -0.25) is 4.79 Å². The summed E-state index contributed by atoms with van der Waals surface area (Å²) >= 11 is 6.02. The highest BCUT2D eigenvalue weighted by atomic mass is 35.5. The van der Waals surface area contributed by atoms with Crippen LogP contribution in [0.25, 0.3) is 0 Å². The molecule has 0 unspecified atom stereocenters. The van der Waals surface area contributed by atoms with Crippen molar-refractivity contribution < 1.29 is 17.9 Å². The molecule has 1 amide bonds. The maximum absolute atomic E-state index is 13.9. The van der Waals surface area contributed by atoms with Gasteiger partial charge in [0.2, 0.25) is 15.9 Å². The predicted molar refractivity (Wildman–Crippen MR) is 151 cm³/mol. The fraction of sp³-hybridized carbons (Fsp3) is 0.167. The second kappa shape index (κ2) is 11.8. The van der Waals surface area contributed by atoms with Crippen molar-refractivity contribution in [3.8, 4) is 11.5 Å². The second-order valence-corrected chi connectivity index (χ2v) is 11.4. The van der Waals surface area contributed by atoms with Gasteiger partial charge in [-0.2, -0.15) is 4.31 Å². The molecule has 38 heavy (non-hydrogen) atoms. The largest absolute Gasteiger partial charge is 0.457 e. The van der Waals surface area contributed by atoms with Gasteiger partial charge in [0.25, 0.3) is 0 Å². The minimum atomic E-state index is -4.00. The third-order valence-corrected chi connectivity index (χ3v) is 8.26. The molecule has 0 saturated carbocycles. The van der Waals surface area contributed by atoms with Crippen molar-refractivity contribution in [1.29, 1.82) is 0 Å². The van der Waals surface area contributed by atoms with E-state index in [0.29, 0.717) is 33.3 Å².